The molecule has 1 heterocycles. The Morgan fingerprint density at radius 1 is 1.50 bits per heavy atom. The Bertz CT molecular complexity index is 214. The third kappa shape index (κ3) is 1.77. The zero-order chi connectivity index (χ0) is 8.97. The van der Waals surface area contributed by atoms with Crippen molar-refractivity contribution in [2.45, 2.75) is 0 Å². The summed E-state index contributed by atoms with van der Waals surface area (Å²) >= 11 is 0. The van der Waals surface area contributed by atoms with Crippen molar-refractivity contribution in [3.8, 4) is 0 Å². The van der Waals surface area contributed by atoms with Crippen molar-refractivity contribution in [1.29, 1.82) is 0 Å². The molecule has 0 aromatic heterocycles. The molecule has 0 aromatic rings. The largest absolute Gasteiger partial charge is 0.481 e. The number of hydrazone groups is 1. The maximum atomic E-state index is 5.05. The summed E-state index contributed by atoms with van der Waals surface area (Å²) in [7, 11) is 3.00. The first kappa shape index (κ1) is 8.62. The number of nitrogens with zero attached hydrogens (tertiary/aromatic N) is 2. The summed E-state index contributed by atoms with van der Waals surface area (Å²) in [4.78, 5) is 4.81. The number of amidine groups is 1. The van der Waals surface area contributed by atoms with Crippen molar-refractivity contribution in [1.82, 2.24) is 16.1 Å². The Kier molecular flexibility index (Phi) is 2.72. The molecule has 0 saturated heterocycles. The number of hydrogen-bond donors (Lipinski definition) is 3. The van der Waals surface area contributed by atoms with Crippen molar-refractivity contribution < 1.29 is 9.57 Å². The smallest absolute Gasteiger partial charge is 0.208 e. The van der Waals surface area contributed by atoms with E-state index in [9.17, 15) is 0 Å². The minimum absolute atomic E-state index is 0.437. The quantitative estimate of drug-likeness (QED) is 0.353. The summed E-state index contributed by atoms with van der Waals surface area (Å²) in [6, 6.07) is 0. The van der Waals surface area contributed by atoms with Crippen LogP contribution in [0.15, 0.2) is 17.1 Å². The lowest BCUT2D eigenvalue weighted by atomic mass is 10.5. The van der Waals surface area contributed by atoms with Gasteiger partial charge in [0.15, 0.2) is 5.84 Å². The van der Waals surface area contributed by atoms with Crippen LogP contribution in [-0.2, 0) is 9.57 Å². The van der Waals surface area contributed by atoms with E-state index in [1.54, 1.807) is 6.08 Å². The Hall–Kier alpha value is -1.47. The second-order valence-corrected chi connectivity index (χ2v) is 1.93. The standard InChI is InChI=1S/C5H11N5O2/c1-11-5-3-4(7-6)8-10(9-5)12-2/h3,9H,6H2,1-2H3,(H,7,8). The minimum atomic E-state index is 0.437. The van der Waals surface area contributed by atoms with Crippen LogP contribution < -0.4 is 16.7 Å². The molecule has 0 bridgehead atoms. The molecule has 0 saturated carbocycles. The second-order valence-electron chi connectivity index (χ2n) is 1.93. The summed E-state index contributed by atoms with van der Waals surface area (Å²) in [6.07, 6.45) is 1.59. The summed E-state index contributed by atoms with van der Waals surface area (Å²) in [5, 5.41) is 4.64. The van der Waals surface area contributed by atoms with Crippen molar-refractivity contribution in [3.63, 3.8) is 0 Å². The predicted molar refractivity (Wildman–Crippen MR) is 41.8 cm³/mol. The number of hydrazine groups is 2. The highest BCUT2D eigenvalue weighted by Crippen LogP contribution is 1.97. The van der Waals surface area contributed by atoms with E-state index >= 15 is 0 Å². The number of nitrogens with two attached hydrogens (primary N) is 1. The molecule has 68 valence electrons. The Morgan fingerprint density at radius 2 is 2.25 bits per heavy atom. The van der Waals surface area contributed by atoms with Gasteiger partial charge in [-0.15, -0.1) is 0 Å². The van der Waals surface area contributed by atoms with E-state index in [1.807, 2.05) is 0 Å². The maximum absolute atomic E-state index is 5.05. The molecular formula is C5H11N5O2. The van der Waals surface area contributed by atoms with Gasteiger partial charge in [-0.3, -0.25) is 10.3 Å². The van der Waals surface area contributed by atoms with E-state index in [4.69, 9.17) is 15.4 Å². The Morgan fingerprint density at radius 3 is 2.75 bits per heavy atom. The molecule has 12 heavy (non-hydrogen) atoms. The highest BCUT2D eigenvalue weighted by Gasteiger charge is 2.14. The lowest BCUT2D eigenvalue weighted by Gasteiger charge is -2.26. The molecule has 1 aliphatic heterocycles. The van der Waals surface area contributed by atoms with E-state index < -0.39 is 0 Å². The van der Waals surface area contributed by atoms with Crippen LogP contribution in [0.25, 0.3) is 0 Å². The van der Waals surface area contributed by atoms with Crippen molar-refractivity contribution in [2.24, 2.45) is 10.9 Å². The molecule has 1 aliphatic rings. The van der Waals surface area contributed by atoms with Crippen LogP contribution in [0.3, 0.4) is 0 Å². The fourth-order valence-corrected chi connectivity index (χ4v) is 0.683. The summed E-state index contributed by atoms with van der Waals surface area (Å²) < 4.78 is 4.91. The third-order valence-electron chi connectivity index (χ3n) is 1.24. The Labute approximate surface area is 69.7 Å². The number of rotatable bonds is 2. The van der Waals surface area contributed by atoms with E-state index in [1.165, 1.54) is 19.5 Å². The summed E-state index contributed by atoms with van der Waals surface area (Å²) in [6.45, 7) is 0. The topological polar surface area (TPSA) is 84.1 Å². The van der Waals surface area contributed by atoms with Gasteiger partial charge >= 0.3 is 0 Å². The fourth-order valence-electron chi connectivity index (χ4n) is 0.683. The first-order valence-electron chi connectivity index (χ1n) is 3.21. The molecule has 0 aromatic carbocycles. The predicted octanol–water partition coefficient (Wildman–Crippen LogP) is -1.37. The SMILES string of the molecule is COC1=CC(=NN)NN(OC)N1. The minimum Gasteiger partial charge on any atom is -0.481 e. The molecule has 0 atom stereocenters. The van der Waals surface area contributed by atoms with Gasteiger partial charge in [-0.2, -0.15) is 5.10 Å². The molecule has 0 aliphatic carbocycles. The van der Waals surface area contributed by atoms with Gasteiger partial charge in [0.2, 0.25) is 5.88 Å². The highest BCUT2D eigenvalue weighted by molar-refractivity contribution is 5.93. The Balaban J connectivity index is 2.71. The van der Waals surface area contributed by atoms with Crippen molar-refractivity contribution >= 4 is 5.84 Å². The van der Waals surface area contributed by atoms with Gasteiger partial charge in [-0.1, -0.05) is 0 Å². The van der Waals surface area contributed by atoms with Gasteiger partial charge in [-0.05, 0) is 0 Å². The molecule has 7 nitrogen and oxygen atoms in total. The van der Waals surface area contributed by atoms with Gasteiger partial charge in [0.1, 0.15) is 0 Å². The molecule has 0 amide bonds. The van der Waals surface area contributed by atoms with Crippen LogP contribution in [0.4, 0.5) is 0 Å². The molecular weight excluding hydrogens is 162 g/mol. The van der Waals surface area contributed by atoms with Crippen LogP contribution in [0.5, 0.6) is 0 Å². The van der Waals surface area contributed by atoms with Gasteiger partial charge in [0.25, 0.3) is 0 Å². The van der Waals surface area contributed by atoms with Crippen LogP contribution in [0, 0.1) is 0 Å². The number of methoxy groups -OCH3 is 1. The monoisotopic (exact) mass is 173 g/mol. The second kappa shape index (κ2) is 3.79. The van der Waals surface area contributed by atoms with Gasteiger partial charge in [0.05, 0.1) is 14.2 Å². The highest BCUT2D eigenvalue weighted by atomic mass is 16.7. The van der Waals surface area contributed by atoms with Gasteiger partial charge < -0.3 is 10.6 Å². The van der Waals surface area contributed by atoms with Crippen LogP contribution in [0.2, 0.25) is 0 Å². The molecule has 4 N–H and O–H groups in total. The van der Waals surface area contributed by atoms with Crippen molar-refractivity contribution in [3.05, 3.63) is 12.0 Å². The number of nitrogens with one attached hydrogen (secondary N) is 2. The molecule has 0 spiro atoms. The molecule has 0 fully saturated rings. The first-order valence-corrected chi connectivity index (χ1v) is 3.21. The summed E-state index contributed by atoms with van der Waals surface area (Å²) in [5.41, 5.74) is 5.41. The zero-order valence-electron chi connectivity index (χ0n) is 6.87. The third-order valence-corrected chi connectivity index (χ3v) is 1.24. The van der Waals surface area contributed by atoms with Gasteiger partial charge in [0, 0.05) is 11.4 Å². The van der Waals surface area contributed by atoms with Crippen LogP contribution in [0.1, 0.15) is 0 Å². The van der Waals surface area contributed by atoms with E-state index in [0.717, 1.165) is 0 Å². The van der Waals surface area contributed by atoms with E-state index in [2.05, 4.69) is 16.0 Å². The van der Waals surface area contributed by atoms with Crippen LogP contribution >= 0.6 is 0 Å². The molecule has 1 rings (SSSR count). The molecule has 7 heteroatoms. The van der Waals surface area contributed by atoms with E-state index in [0.29, 0.717) is 11.7 Å². The normalized spacial score (nSPS) is 21.2. The lowest BCUT2D eigenvalue weighted by Crippen LogP contribution is -2.53. The summed E-state index contributed by atoms with van der Waals surface area (Å²) in [5.74, 6) is 5.98. The average molecular weight is 173 g/mol. The molecule has 0 unspecified atom stereocenters. The van der Waals surface area contributed by atoms with E-state index in [-0.39, 0.29) is 0 Å². The first-order chi connectivity index (χ1) is 5.80. The zero-order valence-corrected chi connectivity index (χ0v) is 6.87. The number of hydrogen-bond acceptors (Lipinski definition) is 6. The maximum Gasteiger partial charge on any atom is 0.208 e. The molecule has 0 radical (unpaired) electrons. The number of ether oxygens (including phenoxy) is 1. The lowest BCUT2D eigenvalue weighted by molar-refractivity contribution is -0.197. The van der Waals surface area contributed by atoms with Gasteiger partial charge in [-0.25, -0.2) is 5.43 Å². The van der Waals surface area contributed by atoms with Crippen molar-refractivity contribution in [2.75, 3.05) is 14.2 Å². The fraction of sp³-hybridized carbons (Fsp3) is 0.400. The van der Waals surface area contributed by atoms with Crippen LogP contribution in [-0.4, -0.2) is 25.3 Å². The average Bonchev–Trinajstić information content (AvgIpc) is 2.16.